The van der Waals surface area contributed by atoms with E-state index in [-0.39, 0.29) is 29.9 Å². The molecule has 7 nitrogen and oxygen atoms in total. The summed E-state index contributed by atoms with van der Waals surface area (Å²) >= 11 is 0. The van der Waals surface area contributed by atoms with E-state index in [0.717, 1.165) is 6.42 Å². The number of benzene rings is 1. The largest absolute Gasteiger partial charge is 0.490 e. The van der Waals surface area contributed by atoms with Crippen LogP contribution in [0.1, 0.15) is 16.8 Å². The molecule has 1 amide bonds. The number of likely N-dealkylation sites (tertiary alicyclic amines) is 1. The Labute approximate surface area is 115 Å². The van der Waals surface area contributed by atoms with Crippen LogP contribution >= 0.6 is 0 Å². The van der Waals surface area contributed by atoms with Gasteiger partial charge in [0.05, 0.1) is 12.0 Å². The highest BCUT2D eigenvalue weighted by molar-refractivity contribution is 5.95. The van der Waals surface area contributed by atoms with Gasteiger partial charge in [-0.25, -0.2) is 0 Å². The molecule has 108 valence electrons. The van der Waals surface area contributed by atoms with Crippen molar-refractivity contribution in [2.45, 2.75) is 6.42 Å². The first-order chi connectivity index (χ1) is 9.56. The predicted octanol–water partition coefficient (Wildman–Crippen LogP) is 1.06. The summed E-state index contributed by atoms with van der Waals surface area (Å²) in [6.45, 7) is 1.16. The van der Waals surface area contributed by atoms with Crippen molar-refractivity contribution in [3.63, 3.8) is 0 Å². The summed E-state index contributed by atoms with van der Waals surface area (Å²) in [6.07, 6.45) is 0.770. The zero-order valence-electron chi connectivity index (χ0n) is 11.1. The van der Waals surface area contributed by atoms with Gasteiger partial charge in [-0.05, 0) is 12.5 Å². The molecule has 1 heterocycles. The molecule has 1 aromatic carbocycles. The molecule has 0 aliphatic carbocycles. The summed E-state index contributed by atoms with van der Waals surface area (Å²) in [5.74, 6) is -0.0215. The van der Waals surface area contributed by atoms with Gasteiger partial charge in [0.15, 0.2) is 5.75 Å². The Hall–Kier alpha value is -2.15. The average Bonchev–Trinajstić information content (AvgIpc) is 2.94. The van der Waals surface area contributed by atoms with Gasteiger partial charge >= 0.3 is 5.69 Å². The number of nitro groups is 1. The molecule has 7 heteroatoms. The van der Waals surface area contributed by atoms with Crippen LogP contribution in [0.25, 0.3) is 0 Å². The number of rotatable bonds is 4. The van der Waals surface area contributed by atoms with Crippen LogP contribution < -0.4 is 4.74 Å². The smallest absolute Gasteiger partial charge is 0.310 e. The minimum Gasteiger partial charge on any atom is -0.490 e. The molecule has 0 spiro atoms. The fraction of sp³-hybridized carbons (Fsp3) is 0.462. The van der Waals surface area contributed by atoms with Crippen molar-refractivity contribution in [1.82, 2.24) is 4.90 Å². The van der Waals surface area contributed by atoms with Gasteiger partial charge in [-0.2, -0.15) is 0 Å². The third kappa shape index (κ3) is 2.72. The number of nitrogens with zero attached hydrogens (tertiary/aromatic N) is 2. The van der Waals surface area contributed by atoms with Gasteiger partial charge in [0.25, 0.3) is 5.91 Å². The first kappa shape index (κ1) is 14.3. The van der Waals surface area contributed by atoms with Crippen molar-refractivity contribution in [2.24, 2.45) is 5.92 Å². The van der Waals surface area contributed by atoms with E-state index in [0.29, 0.717) is 18.7 Å². The standard InChI is InChI=1S/C13H16N2O5/c1-20-12-6-10(2-3-11(12)15(18)19)13(17)14-5-4-9(7-14)8-16/h2-3,6,9,16H,4-5,7-8H2,1H3. The topological polar surface area (TPSA) is 92.9 Å². The van der Waals surface area contributed by atoms with Gasteiger partial charge in [0.1, 0.15) is 0 Å². The van der Waals surface area contributed by atoms with E-state index in [1.54, 1.807) is 4.90 Å². The summed E-state index contributed by atoms with van der Waals surface area (Å²) in [5, 5.41) is 19.9. The van der Waals surface area contributed by atoms with Crippen LogP contribution in [0.4, 0.5) is 5.69 Å². The molecule has 1 aliphatic heterocycles. The maximum Gasteiger partial charge on any atom is 0.310 e. The zero-order chi connectivity index (χ0) is 14.7. The Balaban J connectivity index is 2.21. The van der Waals surface area contributed by atoms with Gasteiger partial charge in [0.2, 0.25) is 0 Å². The van der Waals surface area contributed by atoms with Crippen molar-refractivity contribution in [3.8, 4) is 5.75 Å². The Morgan fingerprint density at radius 2 is 2.35 bits per heavy atom. The van der Waals surface area contributed by atoms with Crippen LogP contribution in [-0.2, 0) is 0 Å². The third-order valence-corrected chi connectivity index (χ3v) is 3.45. The highest BCUT2D eigenvalue weighted by Gasteiger charge is 2.27. The Bertz CT molecular complexity index is 531. The third-order valence-electron chi connectivity index (χ3n) is 3.45. The molecule has 0 bridgehead atoms. The maximum absolute atomic E-state index is 12.3. The molecule has 0 aromatic heterocycles. The van der Waals surface area contributed by atoms with Crippen LogP contribution in [0.15, 0.2) is 18.2 Å². The number of hydrogen-bond donors (Lipinski definition) is 1. The van der Waals surface area contributed by atoms with E-state index in [1.165, 1.54) is 25.3 Å². The molecule has 0 radical (unpaired) electrons. The van der Waals surface area contributed by atoms with Crippen LogP contribution in [0.3, 0.4) is 0 Å². The molecule has 20 heavy (non-hydrogen) atoms. The molecular formula is C13H16N2O5. The lowest BCUT2D eigenvalue weighted by Crippen LogP contribution is -2.29. The second kappa shape index (κ2) is 5.87. The number of carbonyl (C=O) groups is 1. The summed E-state index contributed by atoms with van der Waals surface area (Å²) in [4.78, 5) is 24.2. The van der Waals surface area contributed by atoms with Crippen molar-refractivity contribution in [3.05, 3.63) is 33.9 Å². The van der Waals surface area contributed by atoms with Crippen LogP contribution in [0, 0.1) is 16.0 Å². The van der Waals surface area contributed by atoms with Gasteiger partial charge in [-0.1, -0.05) is 0 Å². The van der Waals surface area contributed by atoms with Gasteiger partial charge in [0, 0.05) is 43.3 Å². The normalized spacial score (nSPS) is 18.1. The number of methoxy groups -OCH3 is 1. The molecule has 0 saturated carbocycles. The van der Waals surface area contributed by atoms with Gasteiger partial charge in [-0.15, -0.1) is 0 Å². The summed E-state index contributed by atoms with van der Waals surface area (Å²) in [7, 11) is 1.33. The number of carbonyl (C=O) groups excluding carboxylic acids is 1. The second-order valence-electron chi connectivity index (χ2n) is 4.73. The number of hydrogen-bond acceptors (Lipinski definition) is 5. The minimum atomic E-state index is -0.551. The molecular weight excluding hydrogens is 264 g/mol. The molecule has 1 aliphatic rings. The number of amides is 1. The average molecular weight is 280 g/mol. The summed E-state index contributed by atoms with van der Waals surface area (Å²) in [5.41, 5.74) is 0.185. The van der Waals surface area contributed by atoms with E-state index in [1.807, 2.05) is 0 Å². The highest BCUT2D eigenvalue weighted by Crippen LogP contribution is 2.28. The summed E-state index contributed by atoms with van der Waals surface area (Å²) in [6, 6.07) is 4.08. The maximum atomic E-state index is 12.3. The van der Waals surface area contributed by atoms with E-state index < -0.39 is 4.92 Å². The number of ether oxygens (including phenoxy) is 1. The summed E-state index contributed by atoms with van der Waals surface area (Å²) < 4.78 is 4.95. The molecule has 1 atom stereocenters. The Morgan fingerprint density at radius 1 is 1.60 bits per heavy atom. The predicted molar refractivity (Wildman–Crippen MR) is 70.7 cm³/mol. The molecule has 1 aromatic rings. The van der Waals surface area contributed by atoms with Gasteiger partial charge < -0.3 is 14.7 Å². The van der Waals surface area contributed by atoms with Gasteiger partial charge in [-0.3, -0.25) is 14.9 Å². The van der Waals surface area contributed by atoms with Crippen molar-refractivity contribution in [2.75, 3.05) is 26.8 Å². The number of aliphatic hydroxyl groups excluding tert-OH is 1. The first-order valence-electron chi connectivity index (χ1n) is 6.29. The fourth-order valence-corrected chi connectivity index (χ4v) is 2.31. The Morgan fingerprint density at radius 3 is 2.90 bits per heavy atom. The molecule has 1 fully saturated rings. The molecule has 1 saturated heterocycles. The lowest BCUT2D eigenvalue weighted by Gasteiger charge is -2.16. The van der Waals surface area contributed by atoms with Crippen molar-refractivity contribution >= 4 is 11.6 Å². The van der Waals surface area contributed by atoms with Crippen LogP contribution in [0.5, 0.6) is 5.75 Å². The Kier molecular flexibility index (Phi) is 4.19. The number of nitro benzene ring substituents is 1. The monoisotopic (exact) mass is 280 g/mol. The highest BCUT2D eigenvalue weighted by atomic mass is 16.6. The number of aliphatic hydroxyl groups is 1. The minimum absolute atomic E-state index is 0.0629. The van der Waals surface area contributed by atoms with Crippen LogP contribution in [-0.4, -0.2) is 47.6 Å². The molecule has 1 N–H and O–H groups in total. The van der Waals surface area contributed by atoms with E-state index in [9.17, 15) is 14.9 Å². The lowest BCUT2D eigenvalue weighted by molar-refractivity contribution is -0.385. The molecule has 2 rings (SSSR count). The van der Waals surface area contributed by atoms with Crippen molar-refractivity contribution < 1.29 is 19.6 Å². The first-order valence-corrected chi connectivity index (χ1v) is 6.29. The van der Waals surface area contributed by atoms with Crippen molar-refractivity contribution in [1.29, 1.82) is 0 Å². The lowest BCUT2D eigenvalue weighted by atomic mass is 10.1. The van der Waals surface area contributed by atoms with E-state index >= 15 is 0 Å². The molecule has 1 unspecified atom stereocenters. The van der Waals surface area contributed by atoms with Crippen LogP contribution in [0.2, 0.25) is 0 Å². The van der Waals surface area contributed by atoms with E-state index in [2.05, 4.69) is 0 Å². The quantitative estimate of drug-likeness (QED) is 0.657. The zero-order valence-corrected chi connectivity index (χ0v) is 11.1. The second-order valence-corrected chi connectivity index (χ2v) is 4.73. The fourth-order valence-electron chi connectivity index (χ4n) is 2.31. The van der Waals surface area contributed by atoms with E-state index in [4.69, 9.17) is 9.84 Å². The SMILES string of the molecule is COc1cc(C(=O)N2CCC(CO)C2)ccc1[N+](=O)[O-].